The molecular formula is C80H137N5O25. The fraction of sp³-hybridized carbons (Fsp3) is 0.850. The number of esters is 6. The van der Waals surface area contributed by atoms with Crippen LogP contribution in [-0.4, -0.2) is 212 Å². The summed E-state index contributed by atoms with van der Waals surface area (Å²) in [5, 5.41) is 15.0. The van der Waals surface area contributed by atoms with Gasteiger partial charge in [0.25, 0.3) is 0 Å². The van der Waals surface area contributed by atoms with Crippen molar-refractivity contribution in [3.05, 3.63) is 0 Å². The lowest BCUT2D eigenvalue weighted by Gasteiger charge is -2.43. The summed E-state index contributed by atoms with van der Waals surface area (Å²) in [6, 6.07) is -0.935. The fourth-order valence-corrected chi connectivity index (χ4v) is 13.7. The molecule has 3 fully saturated rings. The molecule has 30 heteroatoms. The Bertz CT molecular complexity index is 2740. The van der Waals surface area contributed by atoms with E-state index in [-0.39, 0.29) is 123 Å². The second kappa shape index (κ2) is 56.7. The molecule has 0 spiro atoms. The van der Waals surface area contributed by atoms with Gasteiger partial charge in [-0.3, -0.25) is 57.5 Å². The molecule has 0 aromatic heterocycles. The second-order valence-electron chi connectivity index (χ2n) is 30.0. The lowest BCUT2D eigenvalue weighted by atomic mass is 9.84. The Labute approximate surface area is 653 Å². The van der Waals surface area contributed by atoms with Crippen molar-refractivity contribution < 1.29 is 119 Å². The molecule has 0 radical (unpaired) electrons. The molecule has 0 bridgehead atoms. The van der Waals surface area contributed by atoms with Crippen LogP contribution in [0.4, 0.5) is 0 Å². The molecule has 3 heterocycles. The van der Waals surface area contributed by atoms with Crippen LogP contribution in [0.1, 0.15) is 256 Å². The predicted octanol–water partition coefficient (Wildman–Crippen LogP) is 8.83. The zero-order valence-electron chi connectivity index (χ0n) is 68.4. The molecule has 110 heavy (non-hydrogen) atoms. The molecule has 3 rings (SSSR count). The molecule has 3 aliphatic heterocycles. The van der Waals surface area contributed by atoms with E-state index in [1.807, 2.05) is 41.5 Å². The Hall–Kier alpha value is -6.44. The van der Waals surface area contributed by atoms with Crippen LogP contribution in [0.25, 0.3) is 0 Å². The molecule has 3 saturated heterocycles. The number of nitrogens with one attached hydrogen (secondary N) is 5. The van der Waals surface area contributed by atoms with Gasteiger partial charge in [0, 0.05) is 175 Å². The summed E-state index contributed by atoms with van der Waals surface area (Å²) in [5.74, 6) is -5.76. The van der Waals surface area contributed by atoms with Gasteiger partial charge in [0.1, 0.15) is 56.4 Å². The maximum atomic E-state index is 14.6. The lowest BCUT2D eigenvalue weighted by molar-refractivity contribution is -0.273. The summed E-state index contributed by atoms with van der Waals surface area (Å²) >= 11 is 0. The van der Waals surface area contributed by atoms with Crippen molar-refractivity contribution in [1.82, 2.24) is 26.6 Å². The number of unbranched alkanes of at least 4 members (excludes halogenated alkanes) is 13. The van der Waals surface area contributed by atoms with Gasteiger partial charge in [0.15, 0.2) is 24.7 Å². The van der Waals surface area contributed by atoms with E-state index in [1.165, 1.54) is 41.5 Å². The highest BCUT2D eigenvalue weighted by Crippen LogP contribution is 2.37. The van der Waals surface area contributed by atoms with Crippen LogP contribution in [0.3, 0.4) is 0 Å². The first-order chi connectivity index (χ1) is 52.5. The largest absolute Gasteiger partial charge is 0.463 e. The molecule has 632 valence electrons. The standard InChI is InChI=1S/C80H137N5O25/c1-52-55(4)78(108-67(49-102-58(7)86)74(52)105-61(10)89)99-45-31-17-21-37-71(94)82-41-28-24-34-64(77(97)84-43-27-16-20-36-70(93)81-40-26-14-15-30-44-98-13)48-66(92)65(85-73(96)39-23-19-33-47-101-80-57(6)54(3)76(107-63(12)91)69(110-80)51-104-60(9)88)35-25-29-42-83-72(95)38-22-18-32-46-100-79-56(5)53(2)75(106-62(11)90)68(109-79)50-103-59(8)87/h52-57,64-65,67-69,74-76,78-80H,14-51H2,1-13H3,(H,81,93)(H,82,94)(H,83,95)(H,84,97)(H,85,96). The van der Waals surface area contributed by atoms with Crippen LogP contribution in [0, 0.1) is 41.4 Å². The number of rotatable bonds is 58. The number of methoxy groups -OCH3 is 1. The zero-order chi connectivity index (χ0) is 81.3. The van der Waals surface area contributed by atoms with Gasteiger partial charge in [-0.05, 0) is 96.3 Å². The van der Waals surface area contributed by atoms with Gasteiger partial charge in [0.2, 0.25) is 29.5 Å². The first-order valence-electron chi connectivity index (χ1n) is 40.6. The summed E-state index contributed by atoms with van der Waals surface area (Å²) in [6.07, 6.45) is 8.98. The molecule has 0 aromatic rings. The minimum absolute atomic E-state index is 0.0132. The van der Waals surface area contributed by atoms with Crippen LogP contribution in [0.5, 0.6) is 0 Å². The third-order valence-electron chi connectivity index (χ3n) is 20.7. The van der Waals surface area contributed by atoms with Crippen LogP contribution < -0.4 is 26.6 Å². The van der Waals surface area contributed by atoms with E-state index in [0.29, 0.717) is 162 Å². The molecule has 0 aliphatic carbocycles. The third-order valence-corrected chi connectivity index (χ3v) is 20.7. The van der Waals surface area contributed by atoms with Crippen molar-refractivity contribution in [2.45, 2.75) is 318 Å². The topological polar surface area (TPSA) is 385 Å². The highest BCUT2D eigenvalue weighted by atomic mass is 16.7. The first kappa shape index (κ1) is 97.8. The van der Waals surface area contributed by atoms with E-state index in [0.717, 1.165) is 32.3 Å². The van der Waals surface area contributed by atoms with Crippen molar-refractivity contribution in [3.8, 4) is 0 Å². The molecule has 30 nitrogen and oxygen atoms in total. The molecule has 3 aliphatic rings. The predicted molar refractivity (Wildman–Crippen MR) is 404 cm³/mol. The zero-order valence-corrected chi connectivity index (χ0v) is 68.4. The van der Waals surface area contributed by atoms with Crippen LogP contribution in [-0.2, 0) is 119 Å². The summed E-state index contributed by atoms with van der Waals surface area (Å²) in [5.41, 5.74) is 0. The monoisotopic (exact) mass is 1570 g/mol. The van der Waals surface area contributed by atoms with E-state index in [4.69, 9.17) is 61.6 Å². The molecule has 17 atom stereocenters. The maximum Gasteiger partial charge on any atom is 0.303 e. The molecule has 5 amide bonds. The average Bonchev–Trinajstić information content (AvgIpc) is 0.818. The molecule has 0 saturated carbocycles. The Morgan fingerprint density at radius 2 is 0.645 bits per heavy atom. The van der Waals surface area contributed by atoms with Crippen LogP contribution in [0.2, 0.25) is 0 Å². The van der Waals surface area contributed by atoms with Crippen molar-refractivity contribution in [3.63, 3.8) is 0 Å². The van der Waals surface area contributed by atoms with Crippen LogP contribution >= 0.6 is 0 Å². The number of hydrogen-bond acceptors (Lipinski definition) is 25. The molecule has 0 aromatic carbocycles. The van der Waals surface area contributed by atoms with Crippen molar-refractivity contribution in [2.75, 3.05) is 79.5 Å². The maximum absolute atomic E-state index is 14.6. The smallest absolute Gasteiger partial charge is 0.303 e. The highest BCUT2D eigenvalue weighted by Gasteiger charge is 2.47. The van der Waals surface area contributed by atoms with Crippen molar-refractivity contribution >= 4 is 71.1 Å². The number of ether oxygens (including phenoxy) is 13. The third kappa shape index (κ3) is 41.4. The number of carbonyl (C=O) groups excluding carboxylic acids is 12. The molecule has 5 N–H and O–H groups in total. The molecule has 17 unspecified atom stereocenters. The normalized spacial score (nSPS) is 24.3. The second-order valence-corrected chi connectivity index (χ2v) is 30.0. The molecular weight excluding hydrogens is 1430 g/mol. The van der Waals surface area contributed by atoms with Crippen molar-refractivity contribution in [1.29, 1.82) is 0 Å². The number of Topliss-reactive ketones (excluding diaryl/α,β-unsaturated/α-hetero) is 1. The highest BCUT2D eigenvalue weighted by molar-refractivity contribution is 5.92. The number of ketones is 1. The minimum Gasteiger partial charge on any atom is -0.463 e. The van der Waals surface area contributed by atoms with Crippen LogP contribution in [0.15, 0.2) is 0 Å². The number of carbonyl (C=O) groups is 12. The first-order valence-corrected chi connectivity index (χ1v) is 40.6. The van der Waals surface area contributed by atoms with Gasteiger partial charge in [-0.15, -0.1) is 0 Å². The quantitative estimate of drug-likeness (QED) is 0.0215. The fourth-order valence-electron chi connectivity index (χ4n) is 13.7. The van der Waals surface area contributed by atoms with E-state index in [2.05, 4.69) is 26.6 Å². The summed E-state index contributed by atoms with van der Waals surface area (Å²) in [6.45, 7) is 22.5. The van der Waals surface area contributed by atoms with Gasteiger partial charge in [-0.2, -0.15) is 0 Å². The van der Waals surface area contributed by atoms with Gasteiger partial charge >= 0.3 is 35.8 Å². The number of hydrogen-bond donors (Lipinski definition) is 5. The summed E-state index contributed by atoms with van der Waals surface area (Å²) in [7, 11) is 1.68. The Morgan fingerprint density at radius 1 is 0.336 bits per heavy atom. The van der Waals surface area contributed by atoms with E-state index >= 15 is 0 Å². The lowest BCUT2D eigenvalue weighted by Crippen LogP contribution is -2.53. The SMILES string of the molecule is COCCCCCCNC(=O)CCCCCNC(=O)C(CCCCNC(=O)CCCCCOC1OC(COC(C)=O)C(OC(C)=O)C(C)C1C)CC(=O)C(CCCCNC(=O)CCCCCOC1OC(COC(C)=O)C(OC(C)=O)C(C)C1C)NC(=O)CCCCCOC1OC(COC(C)=O)C(OC(C)=O)C(C)C1C. The van der Waals surface area contributed by atoms with E-state index in [1.54, 1.807) is 7.11 Å². The minimum atomic E-state index is -0.935. The van der Waals surface area contributed by atoms with Gasteiger partial charge in [0.05, 0.1) is 6.04 Å². The van der Waals surface area contributed by atoms with Gasteiger partial charge in [-0.1, -0.05) is 86.5 Å². The van der Waals surface area contributed by atoms with Gasteiger partial charge in [-0.25, -0.2) is 0 Å². The Balaban J connectivity index is 1.64. The van der Waals surface area contributed by atoms with E-state index < -0.39 is 103 Å². The van der Waals surface area contributed by atoms with Crippen molar-refractivity contribution in [2.24, 2.45) is 41.4 Å². The number of amides is 5. The Morgan fingerprint density at radius 3 is 1.00 bits per heavy atom. The van der Waals surface area contributed by atoms with Gasteiger partial charge < -0.3 is 88.2 Å². The summed E-state index contributed by atoms with van der Waals surface area (Å²) in [4.78, 5) is 152. The average molecular weight is 1570 g/mol. The Kier molecular flexibility index (Phi) is 50.4. The van der Waals surface area contributed by atoms with E-state index in [9.17, 15) is 57.5 Å². The summed E-state index contributed by atoms with van der Waals surface area (Å²) < 4.78 is 74.3.